The van der Waals surface area contributed by atoms with E-state index in [1.165, 1.54) is 17.2 Å². The van der Waals surface area contributed by atoms with E-state index in [1.54, 1.807) is 23.9 Å². The summed E-state index contributed by atoms with van der Waals surface area (Å²) in [6, 6.07) is 6.15. The molecule has 0 saturated carbocycles. The van der Waals surface area contributed by atoms with E-state index < -0.39 is 49.0 Å². The third-order valence-electron chi connectivity index (χ3n) is 6.45. The molecule has 4 aromatic rings. The number of halogens is 2. The summed E-state index contributed by atoms with van der Waals surface area (Å²) in [5.41, 5.74) is -0.255. The molecule has 35 heavy (non-hydrogen) atoms. The number of hydrogen-bond acceptors (Lipinski definition) is 4. The van der Waals surface area contributed by atoms with Crippen LogP contribution in [0.25, 0.3) is 27.4 Å². The molecule has 2 aromatic heterocycles. The highest BCUT2D eigenvalue weighted by Gasteiger charge is 2.27. The number of ether oxygens (including phenoxy) is 2. The minimum absolute atomic E-state index is 0.0449. The number of pyridine rings is 1. The Labute approximate surface area is 208 Å². The fourth-order valence-corrected chi connectivity index (χ4v) is 4.60. The fourth-order valence-electron chi connectivity index (χ4n) is 4.60. The molecule has 1 aliphatic heterocycles. The second-order valence-corrected chi connectivity index (χ2v) is 8.52. The first-order valence-corrected chi connectivity index (χ1v) is 10.9. The van der Waals surface area contributed by atoms with Crippen LogP contribution in [0.4, 0.5) is 8.78 Å². The van der Waals surface area contributed by atoms with Crippen molar-refractivity contribution in [2.24, 2.45) is 7.05 Å². The lowest BCUT2D eigenvalue weighted by Crippen LogP contribution is -2.39. The minimum Gasteiger partial charge on any atom is -0.493 e. The molecular weight excluding hydrogens is 456 g/mol. The second-order valence-electron chi connectivity index (χ2n) is 8.52. The number of rotatable bonds is 4. The first-order chi connectivity index (χ1) is 19.1. The number of aryl methyl sites for hydroxylation is 1. The number of benzene rings is 2. The second kappa shape index (κ2) is 8.72. The van der Waals surface area contributed by atoms with Crippen LogP contribution in [-0.4, -0.2) is 53.3 Å². The van der Waals surface area contributed by atoms with Crippen LogP contribution in [0.3, 0.4) is 0 Å². The van der Waals surface area contributed by atoms with Gasteiger partial charge >= 0.3 is 0 Å². The van der Waals surface area contributed by atoms with Crippen LogP contribution in [0.5, 0.6) is 11.5 Å². The van der Waals surface area contributed by atoms with Crippen LogP contribution >= 0.6 is 0 Å². The van der Waals surface area contributed by atoms with Crippen molar-refractivity contribution in [1.82, 2.24) is 14.0 Å². The van der Waals surface area contributed by atoms with Crippen LogP contribution in [0.15, 0.2) is 47.5 Å². The molecule has 1 saturated heterocycles. The largest absolute Gasteiger partial charge is 0.493 e. The Kier molecular flexibility index (Phi) is 4.16. The Morgan fingerprint density at radius 2 is 1.74 bits per heavy atom. The highest BCUT2D eigenvalue weighted by molar-refractivity contribution is 6.07. The molecule has 0 radical (unpaired) electrons. The van der Waals surface area contributed by atoms with Crippen LogP contribution in [0, 0.1) is 5.82 Å². The molecule has 0 atom stereocenters. The maximum absolute atomic E-state index is 14.7. The number of amides is 1. The summed E-state index contributed by atoms with van der Waals surface area (Å²) < 4.78 is 86.4. The third-order valence-corrected chi connectivity index (χ3v) is 6.45. The average molecular weight is 488 g/mol. The standard InChI is InChI=1S/C26H25F2N3O4/c1-29-7-6-17-21(29)10-16(28)11-22(17)31-14-20(25(32)30-8-4-15(27)5-9-30)18-12-23(34-2)24(35-3)13-19(18)26(31)33/h6-7,10-15H,4-5,8-9H2,1-3H3/i2D3,3D3. The molecule has 0 unspecified atom stereocenters. The molecule has 5 rings (SSSR count). The highest BCUT2D eigenvalue weighted by atomic mass is 19.1. The van der Waals surface area contributed by atoms with E-state index in [1.807, 2.05) is 0 Å². The van der Waals surface area contributed by atoms with Gasteiger partial charge in [0.2, 0.25) is 0 Å². The van der Waals surface area contributed by atoms with Crippen molar-refractivity contribution in [2.45, 2.75) is 19.0 Å². The molecule has 1 aliphatic rings. The number of methoxy groups -OCH3 is 2. The van der Waals surface area contributed by atoms with Gasteiger partial charge in [-0.1, -0.05) is 0 Å². The normalized spacial score (nSPS) is 17.9. The highest BCUT2D eigenvalue weighted by Crippen LogP contribution is 2.34. The molecule has 0 aliphatic carbocycles. The maximum Gasteiger partial charge on any atom is 0.263 e. The van der Waals surface area contributed by atoms with Crippen molar-refractivity contribution in [2.75, 3.05) is 27.2 Å². The van der Waals surface area contributed by atoms with Crippen LogP contribution in [0.2, 0.25) is 0 Å². The first kappa shape index (κ1) is 16.7. The van der Waals surface area contributed by atoms with E-state index in [2.05, 4.69) is 0 Å². The molecule has 0 N–H and O–H groups in total. The predicted molar refractivity (Wildman–Crippen MR) is 129 cm³/mol. The Morgan fingerprint density at radius 3 is 2.43 bits per heavy atom. The number of fused-ring (bicyclic) bond motifs is 2. The van der Waals surface area contributed by atoms with Crippen molar-refractivity contribution >= 4 is 27.6 Å². The van der Waals surface area contributed by atoms with Crippen molar-refractivity contribution < 1.29 is 31.3 Å². The number of nitrogens with zero attached hydrogens (tertiary/aromatic N) is 3. The Bertz CT molecular complexity index is 1720. The fraction of sp³-hybridized carbons (Fsp3) is 0.308. The monoisotopic (exact) mass is 487 g/mol. The average Bonchev–Trinajstić information content (AvgIpc) is 3.23. The number of aromatic nitrogens is 2. The number of carbonyl (C=O) groups is 1. The lowest BCUT2D eigenvalue weighted by atomic mass is 10.0. The van der Waals surface area contributed by atoms with Gasteiger partial charge in [0, 0.05) is 43.3 Å². The summed E-state index contributed by atoms with van der Waals surface area (Å²) in [5, 5.41) is 0.242. The van der Waals surface area contributed by atoms with Gasteiger partial charge in [0.05, 0.1) is 44.5 Å². The number of hydrogen-bond donors (Lipinski definition) is 0. The van der Waals surface area contributed by atoms with E-state index >= 15 is 0 Å². The van der Waals surface area contributed by atoms with E-state index in [-0.39, 0.29) is 48.0 Å². The first-order valence-electron chi connectivity index (χ1n) is 13.9. The molecule has 2 aromatic carbocycles. The lowest BCUT2D eigenvalue weighted by molar-refractivity contribution is 0.0668. The van der Waals surface area contributed by atoms with E-state index in [9.17, 15) is 18.4 Å². The van der Waals surface area contributed by atoms with Gasteiger partial charge in [-0.2, -0.15) is 0 Å². The van der Waals surface area contributed by atoms with Crippen molar-refractivity contribution in [1.29, 1.82) is 0 Å². The van der Waals surface area contributed by atoms with Crippen LogP contribution < -0.4 is 15.0 Å². The van der Waals surface area contributed by atoms with Crippen LogP contribution in [0.1, 0.15) is 31.4 Å². The molecule has 0 bridgehead atoms. The van der Waals surface area contributed by atoms with Gasteiger partial charge in [-0.15, -0.1) is 0 Å². The molecule has 1 amide bonds. The Balaban J connectivity index is 1.83. The molecule has 9 heteroatoms. The van der Waals surface area contributed by atoms with Gasteiger partial charge in [0.25, 0.3) is 11.5 Å². The quantitative estimate of drug-likeness (QED) is 0.433. The number of carbonyl (C=O) groups excluding carboxylic acids is 1. The number of alkyl halides is 1. The molecule has 3 heterocycles. The van der Waals surface area contributed by atoms with Gasteiger partial charge in [-0.3, -0.25) is 14.2 Å². The zero-order valence-corrected chi connectivity index (χ0v) is 18.7. The summed E-state index contributed by atoms with van der Waals surface area (Å²) in [4.78, 5) is 29.1. The minimum atomic E-state index is -3.04. The van der Waals surface area contributed by atoms with Gasteiger partial charge in [-0.25, -0.2) is 8.78 Å². The zero-order valence-electron chi connectivity index (χ0n) is 24.7. The van der Waals surface area contributed by atoms with Crippen molar-refractivity contribution in [3.8, 4) is 17.2 Å². The van der Waals surface area contributed by atoms with E-state index in [0.29, 0.717) is 10.9 Å². The molecule has 1 fully saturated rings. The Hall–Kier alpha value is -3.88. The number of piperidine rings is 1. The molecule has 7 nitrogen and oxygen atoms in total. The summed E-state index contributed by atoms with van der Waals surface area (Å²) in [6.07, 6.45) is 2.05. The SMILES string of the molecule is [2H]C([2H])([2H])Oc1cc2c(C(=O)N3CCC(F)CC3)cn(-c3cc(F)cc4c3ccn4C)c(=O)c2cc1OC([2H])([2H])[2H]. The van der Waals surface area contributed by atoms with E-state index in [4.69, 9.17) is 17.7 Å². The summed E-state index contributed by atoms with van der Waals surface area (Å²) in [6.45, 7) is 0.199. The third kappa shape index (κ3) is 3.80. The van der Waals surface area contributed by atoms with Gasteiger partial charge in [0.15, 0.2) is 11.5 Å². The maximum atomic E-state index is 14.7. The summed E-state index contributed by atoms with van der Waals surface area (Å²) in [7, 11) is -4.37. The zero-order chi connectivity index (χ0) is 29.9. The van der Waals surface area contributed by atoms with Crippen LogP contribution in [-0.2, 0) is 7.05 Å². The predicted octanol–water partition coefficient (Wildman–Crippen LogP) is 4.21. The lowest BCUT2D eigenvalue weighted by Gasteiger charge is -2.29. The molecular formula is C26H25F2N3O4. The number of likely N-dealkylation sites (tertiary alicyclic amines) is 1. The van der Waals surface area contributed by atoms with Gasteiger partial charge < -0.3 is 18.9 Å². The van der Waals surface area contributed by atoms with Gasteiger partial charge in [-0.05, 0) is 43.2 Å². The molecule has 182 valence electrons. The topological polar surface area (TPSA) is 65.7 Å². The summed E-state index contributed by atoms with van der Waals surface area (Å²) >= 11 is 0. The smallest absolute Gasteiger partial charge is 0.263 e. The summed E-state index contributed by atoms with van der Waals surface area (Å²) in [5.74, 6) is -2.32. The van der Waals surface area contributed by atoms with Crippen molar-refractivity contribution in [3.63, 3.8) is 0 Å². The van der Waals surface area contributed by atoms with Crippen molar-refractivity contribution in [3.05, 3.63) is 64.5 Å². The Morgan fingerprint density at radius 1 is 1.06 bits per heavy atom. The van der Waals surface area contributed by atoms with Gasteiger partial charge in [0.1, 0.15) is 12.0 Å². The molecule has 0 spiro atoms. The van der Waals surface area contributed by atoms with E-state index in [0.717, 1.165) is 22.8 Å².